The Morgan fingerprint density at radius 2 is 1.91 bits per heavy atom. The molecule has 0 unspecified atom stereocenters. The first-order valence-corrected chi connectivity index (χ1v) is 11.7. The SMILES string of the molecule is CCCCc1ccc(N2C(=O)C(Cl)=C(Nc3cccc(C(=O)Nc4nccs4)c3)C2=O)cc1. The number of nitrogens with one attached hydrogen (secondary N) is 2. The number of amides is 3. The Kier molecular flexibility index (Phi) is 6.86. The van der Waals surface area contributed by atoms with Gasteiger partial charge in [-0.25, -0.2) is 9.88 Å². The summed E-state index contributed by atoms with van der Waals surface area (Å²) in [5.41, 5.74) is 2.38. The van der Waals surface area contributed by atoms with Gasteiger partial charge in [0.2, 0.25) is 0 Å². The highest BCUT2D eigenvalue weighted by Gasteiger charge is 2.39. The molecule has 0 radical (unpaired) electrons. The number of hydrogen-bond acceptors (Lipinski definition) is 6. The van der Waals surface area contributed by atoms with Crippen LogP contribution in [0, 0.1) is 0 Å². The third kappa shape index (κ3) is 4.97. The number of benzene rings is 2. The van der Waals surface area contributed by atoms with Crippen molar-refractivity contribution < 1.29 is 14.4 Å². The zero-order valence-corrected chi connectivity index (χ0v) is 19.4. The average molecular weight is 481 g/mol. The molecule has 168 valence electrons. The topological polar surface area (TPSA) is 91.4 Å². The van der Waals surface area contributed by atoms with E-state index in [1.54, 1.807) is 48.0 Å². The predicted octanol–water partition coefficient (Wildman–Crippen LogP) is 5.17. The Balaban J connectivity index is 1.50. The lowest BCUT2D eigenvalue weighted by atomic mass is 10.1. The number of rotatable bonds is 8. The summed E-state index contributed by atoms with van der Waals surface area (Å²) in [5, 5.41) is 7.65. The van der Waals surface area contributed by atoms with Crippen LogP contribution in [0.15, 0.2) is 70.8 Å². The monoisotopic (exact) mass is 480 g/mol. The van der Waals surface area contributed by atoms with Crippen molar-refractivity contribution in [3.8, 4) is 0 Å². The van der Waals surface area contributed by atoms with Crippen molar-refractivity contribution >= 4 is 57.2 Å². The number of unbranched alkanes of at least 4 members (excludes halogenated alkanes) is 1. The molecule has 0 bridgehead atoms. The van der Waals surface area contributed by atoms with E-state index in [1.165, 1.54) is 11.3 Å². The lowest BCUT2D eigenvalue weighted by Gasteiger charge is -2.16. The molecule has 1 aromatic heterocycles. The Labute approximate surface area is 200 Å². The van der Waals surface area contributed by atoms with Crippen molar-refractivity contribution in [2.45, 2.75) is 26.2 Å². The van der Waals surface area contributed by atoms with E-state index in [4.69, 9.17) is 11.6 Å². The van der Waals surface area contributed by atoms with Gasteiger partial charge in [-0.15, -0.1) is 11.3 Å². The van der Waals surface area contributed by atoms with E-state index in [2.05, 4.69) is 22.5 Å². The standard InChI is InChI=1S/C24H21ClN4O3S/c1-2-3-5-15-8-10-18(11-9-15)29-22(31)19(25)20(23(29)32)27-17-7-4-6-16(14-17)21(30)28-24-26-12-13-33-24/h4,6-14,27H,2-3,5H2,1H3,(H,26,28,30). The molecule has 7 nitrogen and oxygen atoms in total. The molecule has 0 spiro atoms. The maximum absolute atomic E-state index is 13.0. The summed E-state index contributed by atoms with van der Waals surface area (Å²) in [5.74, 6) is -1.49. The van der Waals surface area contributed by atoms with Crippen molar-refractivity contribution in [3.05, 3.63) is 82.0 Å². The highest BCUT2D eigenvalue weighted by Crippen LogP contribution is 2.30. The van der Waals surface area contributed by atoms with E-state index in [1.807, 2.05) is 12.1 Å². The quantitative estimate of drug-likeness (QED) is 0.434. The fourth-order valence-electron chi connectivity index (χ4n) is 3.38. The van der Waals surface area contributed by atoms with Crippen LogP contribution in [0.25, 0.3) is 0 Å². The van der Waals surface area contributed by atoms with E-state index in [0.29, 0.717) is 22.1 Å². The first kappa shape index (κ1) is 22.7. The molecule has 1 aliphatic rings. The number of halogens is 1. The van der Waals surface area contributed by atoms with Crippen LogP contribution in [0.4, 0.5) is 16.5 Å². The van der Waals surface area contributed by atoms with Crippen molar-refractivity contribution in [1.29, 1.82) is 0 Å². The molecule has 0 aliphatic carbocycles. The minimum Gasteiger partial charge on any atom is -0.350 e. The van der Waals surface area contributed by atoms with Crippen LogP contribution >= 0.6 is 22.9 Å². The van der Waals surface area contributed by atoms with Crippen LogP contribution < -0.4 is 15.5 Å². The fraction of sp³-hybridized carbons (Fsp3) is 0.167. The summed E-state index contributed by atoms with van der Waals surface area (Å²) in [4.78, 5) is 43.3. The van der Waals surface area contributed by atoms with Gasteiger partial charge >= 0.3 is 0 Å². The number of carbonyl (C=O) groups excluding carboxylic acids is 3. The van der Waals surface area contributed by atoms with Crippen molar-refractivity contribution in [2.24, 2.45) is 0 Å². The molecule has 9 heteroatoms. The van der Waals surface area contributed by atoms with E-state index in [-0.39, 0.29) is 16.6 Å². The van der Waals surface area contributed by atoms with Crippen molar-refractivity contribution in [3.63, 3.8) is 0 Å². The maximum Gasteiger partial charge on any atom is 0.283 e. The molecule has 0 saturated heterocycles. The number of anilines is 3. The van der Waals surface area contributed by atoms with Crippen LogP contribution in [0.3, 0.4) is 0 Å². The van der Waals surface area contributed by atoms with E-state index < -0.39 is 11.8 Å². The summed E-state index contributed by atoms with van der Waals surface area (Å²) >= 11 is 7.54. The van der Waals surface area contributed by atoms with Gasteiger partial charge in [0.25, 0.3) is 17.7 Å². The summed E-state index contributed by atoms with van der Waals surface area (Å²) in [7, 11) is 0. The molecule has 0 fully saturated rings. The Bertz CT molecular complexity index is 1220. The molecular formula is C24H21ClN4O3S. The van der Waals surface area contributed by atoms with Crippen molar-refractivity contribution in [2.75, 3.05) is 15.5 Å². The molecule has 1 aliphatic heterocycles. The molecule has 3 amide bonds. The number of hydrogen-bond donors (Lipinski definition) is 2. The number of aromatic nitrogens is 1. The third-order valence-electron chi connectivity index (χ3n) is 5.09. The minimum absolute atomic E-state index is 0.0331. The summed E-state index contributed by atoms with van der Waals surface area (Å²) < 4.78 is 0. The molecule has 2 aromatic carbocycles. The number of imide groups is 1. The first-order chi connectivity index (χ1) is 16.0. The molecular weight excluding hydrogens is 460 g/mol. The number of nitrogens with zero attached hydrogens (tertiary/aromatic N) is 2. The molecule has 2 heterocycles. The van der Waals surface area contributed by atoms with Crippen LogP contribution in [-0.2, 0) is 16.0 Å². The third-order valence-corrected chi connectivity index (χ3v) is 6.13. The van der Waals surface area contributed by atoms with Crippen LogP contribution in [-0.4, -0.2) is 22.7 Å². The number of thiazole rings is 1. The van der Waals surface area contributed by atoms with Gasteiger partial charge in [-0.2, -0.15) is 0 Å². The largest absolute Gasteiger partial charge is 0.350 e. The molecule has 2 N–H and O–H groups in total. The van der Waals surface area contributed by atoms with Crippen LogP contribution in [0.2, 0.25) is 0 Å². The van der Waals surface area contributed by atoms with Gasteiger partial charge in [0.1, 0.15) is 10.7 Å². The minimum atomic E-state index is -0.594. The summed E-state index contributed by atoms with van der Waals surface area (Å²) in [6.07, 6.45) is 4.70. The van der Waals surface area contributed by atoms with Crippen molar-refractivity contribution in [1.82, 2.24) is 4.98 Å². The normalized spacial score (nSPS) is 13.6. The highest BCUT2D eigenvalue weighted by atomic mass is 35.5. The Morgan fingerprint density at radius 1 is 1.12 bits per heavy atom. The van der Waals surface area contributed by atoms with Gasteiger partial charge in [0, 0.05) is 22.8 Å². The lowest BCUT2D eigenvalue weighted by molar-refractivity contribution is -0.120. The Morgan fingerprint density at radius 3 is 2.61 bits per heavy atom. The van der Waals surface area contributed by atoms with Gasteiger partial charge in [-0.1, -0.05) is 43.1 Å². The second-order valence-electron chi connectivity index (χ2n) is 7.40. The average Bonchev–Trinajstić information content (AvgIpc) is 3.41. The zero-order valence-electron chi connectivity index (χ0n) is 17.8. The number of carbonyl (C=O) groups is 3. The maximum atomic E-state index is 13.0. The first-order valence-electron chi connectivity index (χ1n) is 10.4. The van der Waals surface area contributed by atoms with Crippen LogP contribution in [0.5, 0.6) is 0 Å². The smallest absolute Gasteiger partial charge is 0.283 e. The molecule has 3 aromatic rings. The molecule has 0 atom stereocenters. The fourth-order valence-corrected chi connectivity index (χ4v) is 4.11. The summed E-state index contributed by atoms with van der Waals surface area (Å²) in [6.45, 7) is 2.13. The van der Waals surface area contributed by atoms with Gasteiger partial charge in [0.15, 0.2) is 5.13 Å². The van der Waals surface area contributed by atoms with Crippen LogP contribution in [0.1, 0.15) is 35.7 Å². The predicted molar refractivity (Wildman–Crippen MR) is 131 cm³/mol. The molecule has 33 heavy (non-hydrogen) atoms. The van der Waals surface area contributed by atoms with E-state index in [9.17, 15) is 14.4 Å². The second-order valence-corrected chi connectivity index (χ2v) is 8.67. The van der Waals surface area contributed by atoms with Gasteiger partial charge in [-0.05, 0) is 48.7 Å². The second kappa shape index (κ2) is 9.97. The van der Waals surface area contributed by atoms with Gasteiger partial charge < -0.3 is 5.32 Å². The number of aryl methyl sites for hydroxylation is 1. The molecule has 0 saturated carbocycles. The highest BCUT2D eigenvalue weighted by molar-refractivity contribution is 7.13. The van der Waals surface area contributed by atoms with E-state index >= 15 is 0 Å². The Hall–Kier alpha value is -3.49. The van der Waals surface area contributed by atoms with E-state index in [0.717, 1.165) is 29.7 Å². The van der Waals surface area contributed by atoms with Gasteiger partial charge in [-0.3, -0.25) is 19.7 Å². The zero-order chi connectivity index (χ0) is 23.4. The molecule has 4 rings (SSSR count). The summed E-state index contributed by atoms with van der Waals surface area (Å²) in [6, 6.07) is 13.9. The van der Waals surface area contributed by atoms with Gasteiger partial charge in [0.05, 0.1) is 5.69 Å². The lowest BCUT2D eigenvalue weighted by Crippen LogP contribution is -2.32.